The van der Waals surface area contributed by atoms with Crippen LogP contribution in [0.2, 0.25) is 0 Å². The van der Waals surface area contributed by atoms with Crippen LogP contribution < -0.4 is 0 Å². The molecular formula is C27H38O6. The van der Waals surface area contributed by atoms with Crippen LogP contribution in [-0.2, 0) is 25.5 Å². The average Bonchev–Trinajstić information content (AvgIpc) is 3.08. The van der Waals surface area contributed by atoms with Crippen molar-refractivity contribution in [3.63, 3.8) is 0 Å². The van der Waals surface area contributed by atoms with Crippen LogP contribution in [-0.4, -0.2) is 41.5 Å². The summed E-state index contributed by atoms with van der Waals surface area (Å²) in [6, 6.07) is 9.76. The number of carbonyl (C=O) groups excluding carboxylic acids is 2. The molecule has 1 aromatic rings. The molecule has 0 radical (unpaired) electrons. The van der Waals surface area contributed by atoms with Gasteiger partial charge < -0.3 is 19.7 Å². The van der Waals surface area contributed by atoms with Crippen LogP contribution in [0.25, 0.3) is 0 Å². The molecule has 2 N–H and O–H groups in total. The third-order valence-electron chi connectivity index (χ3n) is 5.89. The van der Waals surface area contributed by atoms with Crippen molar-refractivity contribution < 1.29 is 29.3 Å². The lowest BCUT2D eigenvalue weighted by Crippen LogP contribution is -2.16. The largest absolute Gasteiger partial charge is 0.469 e. The zero-order valence-electron chi connectivity index (χ0n) is 19.9. The minimum Gasteiger partial charge on any atom is -0.469 e. The van der Waals surface area contributed by atoms with E-state index in [4.69, 9.17) is 4.74 Å². The van der Waals surface area contributed by atoms with Gasteiger partial charge in [0, 0.05) is 31.6 Å². The van der Waals surface area contributed by atoms with E-state index < -0.39 is 12.2 Å². The zero-order chi connectivity index (χ0) is 24.1. The number of carbonyl (C=O) groups is 2. The number of rotatable bonds is 14. The van der Waals surface area contributed by atoms with E-state index in [1.165, 1.54) is 7.11 Å². The smallest absolute Gasteiger partial charge is 0.310 e. The van der Waals surface area contributed by atoms with Gasteiger partial charge in [0.05, 0.1) is 19.3 Å². The molecule has 2 rings (SSSR count). The number of unbranched alkanes of at least 4 members (excludes halogenated alkanes) is 3. The molecule has 0 spiro atoms. The number of esters is 2. The molecular weight excluding hydrogens is 420 g/mol. The van der Waals surface area contributed by atoms with Crippen LogP contribution in [0.5, 0.6) is 0 Å². The molecule has 33 heavy (non-hydrogen) atoms. The molecule has 3 atom stereocenters. The summed E-state index contributed by atoms with van der Waals surface area (Å²) < 4.78 is 10.3. The van der Waals surface area contributed by atoms with Crippen molar-refractivity contribution >= 4 is 11.9 Å². The fraction of sp³-hybridized carbons (Fsp3) is 0.556. The lowest BCUT2D eigenvalue weighted by Gasteiger charge is -2.16. The van der Waals surface area contributed by atoms with Crippen molar-refractivity contribution in [3.8, 4) is 0 Å². The molecule has 0 bridgehead atoms. The van der Waals surface area contributed by atoms with Gasteiger partial charge in [0.1, 0.15) is 5.76 Å². The lowest BCUT2D eigenvalue weighted by molar-refractivity contribution is -0.141. The summed E-state index contributed by atoms with van der Waals surface area (Å²) in [6.07, 6.45) is 8.71. The highest BCUT2D eigenvalue weighted by molar-refractivity contribution is 5.70. The monoisotopic (exact) mass is 458 g/mol. The molecule has 0 aromatic heterocycles. The van der Waals surface area contributed by atoms with Crippen molar-refractivity contribution in [3.05, 3.63) is 59.4 Å². The van der Waals surface area contributed by atoms with E-state index in [1.807, 2.05) is 43.3 Å². The maximum atomic E-state index is 12.1. The number of ether oxygens (including phenoxy) is 2. The first-order valence-electron chi connectivity index (χ1n) is 12.0. The summed E-state index contributed by atoms with van der Waals surface area (Å²) in [5.41, 5.74) is 1.97. The molecule has 0 heterocycles. The molecule has 6 heteroatoms. The van der Waals surface area contributed by atoms with Crippen LogP contribution >= 0.6 is 0 Å². The first kappa shape index (κ1) is 26.8. The van der Waals surface area contributed by atoms with Gasteiger partial charge in [-0.1, -0.05) is 62.2 Å². The Hall–Kier alpha value is -2.44. The molecule has 1 unspecified atom stereocenters. The number of methoxy groups -OCH3 is 1. The Morgan fingerprint density at radius 1 is 1.09 bits per heavy atom. The Kier molecular flexibility index (Phi) is 11.9. The van der Waals surface area contributed by atoms with E-state index in [9.17, 15) is 19.8 Å². The molecule has 0 aliphatic heterocycles. The fourth-order valence-corrected chi connectivity index (χ4v) is 4.13. The van der Waals surface area contributed by atoms with E-state index in [0.29, 0.717) is 44.3 Å². The molecule has 0 saturated carbocycles. The van der Waals surface area contributed by atoms with Crippen molar-refractivity contribution in [1.82, 2.24) is 0 Å². The highest BCUT2D eigenvalue weighted by atomic mass is 16.5. The number of aliphatic hydroxyl groups is 2. The Bertz CT molecular complexity index is 798. The van der Waals surface area contributed by atoms with Gasteiger partial charge in [0.15, 0.2) is 0 Å². The van der Waals surface area contributed by atoms with Gasteiger partial charge in [-0.05, 0) is 36.8 Å². The summed E-state index contributed by atoms with van der Waals surface area (Å²) in [6.45, 7) is 1.92. The molecule has 1 aromatic carbocycles. The van der Waals surface area contributed by atoms with Crippen molar-refractivity contribution in [1.29, 1.82) is 0 Å². The molecule has 0 amide bonds. The first-order chi connectivity index (χ1) is 15.9. The van der Waals surface area contributed by atoms with E-state index in [0.717, 1.165) is 36.8 Å². The van der Waals surface area contributed by atoms with Gasteiger partial charge in [-0.25, -0.2) is 0 Å². The minimum atomic E-state index is -0.677. The minimum absolute atomic E-state index is 0.194. The Labute approximate surface area is 197 Å². The summed E-state index contributed by atoms with van der Waals surface area (Å²) in [5, 5.41) is 21.1. The summed E-state index contributed by atoms with van der Waals surface area (Å²) >= 11 is 0. The maximum absolute atomic E-state index is 12.1. The van der Waals surface area contributed by atoms with Gasteiger partial charge in [0.2, 0.25) is 0 Å². The second-order valence-corrected chi connectivity index (χ2v) is 8.60. The number of aliphatic hydroxyl groups excluding tert-OH is 2. The standard InChI is InChI=1S/C27H38O6/c1-3-11-27(31)33-25-19-24(29)22(17-16-21(28)18-20-12-7-6-8-13-20)23(25)14-9-4-5-10-15-26(30)32-2/h6-8,12-13,16-17,21-22,24,28-29H,3-5,9-11,14-15,18-19H2,1-2H3/b17-16+/t21?,22-,24+/m0/s1. The van der Waals surface area contributed by atoms with Gasteiger partial charge >= 0.3 is 11.9 Å². The number of hydrogen-bond donors (Lipinski definition) is 2. The number of hydrogen-bond acceptors (Lipinski definition) is 6. The number of benzene rings is 1. The summed E-state index contributed by atoms with van der Waals surface area (Å²) in [7, 11) is 1.39. The normalized spacial score (nSPS) is 19.2. The van der Waals surface area contributed by atoms with Gasteiger partial charge in [-0.3, -0.25) is 9.59 Å². The average molecular weight is 459 g/mol. The lowest BCUT2D eigenvalue weighted by atomic mass is 9.93. The topological polar surface area (TPSA) is 93.1 Å². The van der Waals surface area contributed by atoms with E-state index in [2.05, 4.69) is 4.74 Å². The third-order valence-corrected chi connectivity index (χ3v) is 5.89. The highest BCUT2D eigenvalue weighted by Crippen LogP contribution is 2.37. The fourth-order valence-electron chi connectivity index (χ4n) is 4.13. The van der Waals surface area contributed by atoms with Crippen LogP contribution in [0.1, 0.15) is 70.3 Å². The Morgan fingerprint density at radius 3 is 2.52 bits per heavy atom. The zero-order valence-corrected chi connectivity index (χ0v) is 19.9. The van der Waals surface area contributed by atoms with Crippen molar-refractivity contribution in [2.24, 2.45) is 5.92 Å². The third kappa shape index (κ3) is 9.52. The predicted molar refractivity (Wildman–Crippen MR) is 127 cm³/mol. The van der Waals surface area contributed by atoms with Crippen LogP contribution in [0, 0.1) is 5.92 Å². The molecule has 1 aliphatic carbocycles. The van der Waals surface area contributed by atoms with Crippen LogP contribution in [0.15, 0.2) is 53.8 Å². The molecule has 0 fully saturated rings. The second-order valence-electron chi connectivity index (χ2n) is 8.60. The van der Waals surface area contributed by atoms with E-state index >= 15 is 0 Å². The van der Waals surface area contributed by atoms with E-state index in [1.54, 1.807) is 6.08 Å². The molecule has 182 valence electrons. The highest BCUT2D eigenvalue weighted by Gasteiger charge is 2.33. The van der Waals surface area contributed by atoms with Crippen molar-refractivity contribution in [2.45, 2.75) is 83.3 Å². The molecule has 0 saturated heterocycles. The van der Waals surface area contributed by atoms with E-state index in [-0.39, 0.29) is 17.9 Å². The maximum Gasteiger partial charge on any atom is 0.310 e. The van der Waals surface area contributed by atoms with Gasteiger partial charge in [-0.15, -0.1) is 0 Å². The quantitative estimate of drug-likeness (QED) is 0.240. The summed E-state index contributed by atoms with van der Waals surface area (Å²) in [4.78, 5) is 23.3. The van der Waals surface area contributed by atoms with Gasteiger partial charge in [0.25, 0.3) is 0 Å². The predicted octanol–water partition coefficient (Wildman–Crippen LogP) is 4.64. The second kappa shape index (κ2) is 14.7. The van der Waals surface area contributed by atoms with Crippen LogP contribution in [0.4, 0.5) is 0 Å². The Morgan fingerprint density at radius 2 is 1.82 bits per heavy atom. The Balaban J connectivity index is 2.00. The molecule has 6 nitrogen and oxygen atoms in total. The van der Waals surface area contributed by atoms with Crippen molar-refractivity contribution in [2.75, 3.05) is 7.11 Å². The SMILES string of the molecule is CCCC(=O)OC1=C(CCCCCCC(=O)OC)[C@H](/C=C/C(O)Cc2ccccc2)[C@H](O)C1. The first-order valence-corrected chi connectivity index (χ1v) is 12.0. The van der Waals surface area contributed by atoms with Gasteiger partial charge in [-0.2, -0.15) is 0 Å². The van der Waals surface area contributed by atoms with Crippen LogP contribution in [0.3, 0.4) is 0 Å². The summed E-state index contributed by atoms with van der Waals surface area (Å²) in [5.74, 6) is -0.178. The molecule has 1 aliphatic rings.